The zero-order valence-electron chi connectivity index (χ0n) is 11.1. The molecule has 0 unspecified atom stereocenters. The van der Waals surface area contributed by atoms with E-state index in [9.17, 15) is 4.79 Å². The number of fused-ring (bicyclic) bond motifs is 1. The monoisotopic (exact) mass is 292 g/mol. The van der Waals surface area contributed by atoms with Gasteiger partial charge in [-0.1, -0.05) is 11.6 Å². The first-order valence-corrected chi connectivity index (χ1v) is 7.08. The van der Waals surface area contributed by atoms with E-state index in [2.05, 4.69) is 10.3 Å². The van der Waals surface area contributed by atoms with Crippen molar-refractivity contribution >= 4 is 34.2 Å². The van der Waals surface area contributed by atoms with Crippen LogP contribution < -0.4 is 5.32 Å². The van der Waals surface area contributed by atoms with Gasteiger partial charge in [0.25, 0.3) is 0 Å². The van der Waals surface area contributed by atoms with Gasteiger partial charge < -0.3 is 10.1 Å². The molecule has 1 N–H and O–H groups in total. The molecule has 1 aromatic carbocycles. The number of hydrogen-bond acceptors (Lipinski definition) is 4. The average Bonchev–Trinajstić information content (AvgIpc) is 3.23. The standard InChI is InChI=1S/C15H15ClN2O2.H2/c1-2-20-15(19)10-5-9-6-12(16)14(18-11-3-4-11)7-13(9)17-8-10;/h5-8,11,18H,2-4H2,1H3;1H. The summed E-state index contributed by atoms with van der Waals surface area (Å²) in [4.78, 5) is 16.0. The van der Waals surface area contributed by atoms with E-state index in [0.717, 1.165) is 16.6 Å². The predicted molar refractivity (Wildman–Crippen MR) is 81.5 cm³/mol. The zero-order valence-corrected chi connectivity index (χ0v) is 11.9. The van der Waals surface area contributed by atoms with Gasteiger partial charge in [0.15, 0.2) is 0 Å². The maximum Gasteiger partial charge on any atom is 0.339 e. The smallest absolute Gasteiger partial charge is 0.339 e. The molecule has 1 aliphatic carbocycles. The predicted octanol–water partition coefficient (Wildman–Crippen LogP) is 3.89. The van der Waals surface area contributed by atoms with Gasteiger partial charge in [0, 0.05) is 19.1 Å². The second-order valence-electron chi connectivity index (χ2n) is 4.89. The van der Waals surface area contributed by atoms with Crippen LogP contribution in [-0.4, -0.2) is 23.6 Å². The second-order valence-corrected chi connectivity index (χ2v) is 5.30. The SMILES string of the molecule is CCOC(=O)c1cnc2cc(NC3CC3)c(Cl)cc2c1.[HH]. The van der Waals surface area contributed by atoms with Crippen LogP contribution in [0.25, 0.3) is 10.9 Å². The lowest BCUT2D eigenvalue weighted by Gasteiger charge is -2.09. The Balaban J connectivity index is 0.00000161. The van der Waals surface area contributed by atoms with Crippen molar-refractivity contribution in [2.45, 2.75) is 25.8 Å². The summed E-state index contributed by atoms with van der Waals surface area (Å²) in [6.07, 6.45) is 3.91. The van der Waals surface area contributed by atoms with E-state index in [4.69, 9.17) is 16.3 Å². The number of benzene rings is 1. The van der Waals surface area contributed by atoms with Crippen molar-refractivity contribution in [1.82, 2.24) is 4.98 Å². The third-order valence-electron chi connectivity index (χ3n) is 3.22. The fourth-order valence-electron chi connectivity index (χ4n) is 2.03. The molecule has 0 spiro atoms. The molecule has 0 atom stereocenters. The van der Waals surface area contributed by atoms with Gasteiger partial charge in [-0.15, -0.1) is 0 Å². The third kappa shape index (κ3) is 2.70. The average molecular weight is 293 g/mol. The first-order chi connectivity index (χ1) is 9.67. The van der Waals surface area contributed by atoms with Crippen LogP contribution in [0.5, 0.6) is 0 Å². The lowest BCUT2D eigenvalue weighted by atomic mass is 10.1. The van der Waals surface area contributed by atoms with E-state index >= 15 is 0 Å². The maximum absolute atomic E-state index is 11.7. The molecule has 1 fully saturated rings. The second kappa shape index (κ2) is 5.29. The Morgan fingerprint density at radius 1 is 1.50 bits per heavy atom. The molecule has 4 nitrogen and oxygen atoms in total. The Kier molecular flexibility index (Phi) is 3.49. The van der Waals surface area contributed by atoms with Crippen LogP contribution in [0.4, 0.5) is 5.69 Å². The molecule has 0 radical (unpaired) electrons. The molecule has 1 heterocycles. The summed E-state index contributed by atoms with van der Waals surface area (Å²) in [5.41, 5.74) is 2.15. The number of pyridine rings is 1. The van der Waals surface area contributed by atoms with Crippen LogP contribution in [-0.2, 0) is 4.74 Å². The van der Waals surface area contributed by atoms with E-state index < -0.39 is 0 Å². The van der Waals surface area contributed by atoms with Crippen molar-refractivity contribution in [1.29, 1.82) is 0 Å². The Bertz CT molecular complexity index is 674. The summed E-state index contributed by atoms with van der Waals surface area (Å²) in [6.45, 7) is 2.13. The van der Waals surface area contributed by atoms with Crippen LogP contribution in [0.15, 0.2) is 24.4 Å². The number of rotatable bonds is 4. The normalized spacial score (nSPS) is 14.3. The molecular formula is C15H17ClN2O2. The van der Waals surface area contributed by atoms with Crippen LogP contribution in [0, 0.1) is 0 Å². The van der Waals surface area contributed by atoms with E-state index in [1.165, 1.54) is 19.0 Å². The molecule has 0 bridgehead atoms. The summed E-state index contributed by atoms with van der Waals surface area (Å²) in [5, 5.41) is 4.85. The van der Waals surface area contributed by atoms with Gasteiger partial charge in [0.2, 0.25) is 0 Å². The van der Waals surface area contributed by atoms with Crippen LogP contribution in [0.1, 0.15) is 31.6 Å². The third-order valence-corrected chi connectivity index (χ3v) is 3.53. The van der Waals surface area contributed by atoms with Gasteiger partial charge in [-0.3, -0.25) is 4.98 Å². The first kappa shape index (κ1) is 13.2. The number of halogens is 1. The molecule has 1 aliphatic rings. The van der Waals surface area contributed by atoms with Crippen LogP contribution in [0.2, 0.25) is 5.02 Å². The Morgan fingerprint density at radius 3 is 3.00 bits per heavy atom. The number of nitrogens with one attached hydrogen (secondary N) is 1. The summed E-state index contributed by atoms with van der Waals surface area (Å²) >= 11 is 6.26. The Hall–Kier alpha value is -1.81. The van der Waals surface area contributed by atoms with Crippen molar-refractivity contribution in [3.63, 3.8) is 0 Å². The topological polar surface area (TPSA) is 51.2 Å². The van der Waals surface area contributed by atoms with Gasteiger partial charge in [-0.25, -0.2) is 4.79 Å². The van der Waals surface area contributed by atoms with Gasteiger partial charge in [0.05, 0.1) is 28.4 Å². The number of carbonyl (C=O) groups excluding carboxylic acids is 1. The van der Waals surface area contributed by atoms with Crippen molar-refractivity contribution < 1.29 is 11.0 Å². The number of aromatic nitrogens is 1. The molecule has 2 aromatic rings. The van der Waals surface area contributed by atoms with Gasteiger partial charge in [-0.2, -0.15) is 0 Å². The number of nitrogens with zero attached hydrogens (tertiary/aromatic N) is 1. The number of esters is 1. The minimum absolute atomic E-state index is 0. The van der Waals surface area contributed by atoms with E-state index in [-0.39, 0.29) is 7.40 Å². The lowest BCUT2D eigenvalue weighted by molar-refractivity contribution is 0.0526. The number of hydrogen-bond donors (Lipinski definition) is 1. The molecule has 1 aromatic heterocycles. The maximum atomic E-state index is 11.7. The minimum atomic E-state index is -0.363. The van der Waals surface area contributed by atoms with Gasteiger partial charge >= 0.3 is 5.97 Å². The molecule has 0 saturated heterocycles. The first-order valence-electron chi connectivity index (χ1n) is 6.70. The van der Waals surface area contributed by atoms with Crippen molar-refractivity contribution in [2.24, 2.45) is 0 Å². The lowest BCUT2D eigenvalue weighted by Crippen LogP contribution is -2.05. The molecule has 1 saturated carbocycles. The number of anilines is 1. The molecular weight excluding hydrogens is 276 g/mol. The van der Waals surface area contributed by atoms with E-state index in [1.54, 1.807) is 13.0 Å². The molecule has 106 valence electrons. The fraction of sp³-hybridized carbons (Fsp3) is 0.333. The van der Waals surface area contributed by atoms with Crippen LogP contribution >= 0.6 is 11.6 Å². The summed E-state index contributed by atoms with van der Waals surface area (Å²) < 4.78 is 4.97. The Labute approximate surface area is 123 Å². The highest BCUT2D eigenvalue weighted by atomic mass is 35.5. The highest BCUT2D eigenvalue weighted by molar-refractivity contribution is 6.34. The summed E-state index contributed by atoms with van der Waals surface area (Å²) in [6, 6.07) is 6.04. The zero-order chi connectivity index (χ0) is 14.1. The van der Waals surface area contributed by atoms with Gasteiger partial charge in [0.1, 0.15) is 0 Å². The summed E-state index contributed by atoms with van der Waals surface area (Å²) in [5.74, 6) is -0.363. The highest BCUT2D eigenvalue weighted by Crippen LogP contribution is 2.32. The number of carbonyl (C=O) groups is 1. The van der Waals surface area contributed by atoms with E-state index in [0.29, 0.717) is 23.2 Å². The molecule has 0 amide bonds. The van der Waals surface area contributed by atoms with Crippen LogP contribution in [0.3, 0.4) is 0 Å². The quantitative estimate of drug-likeness (QED) is 0.869. The largest absolute Gasteiger partial charge is 0.462 e. The van der Waals surface area contributed by atoms with Crippen molar-refractivity contribution in [2.75, 3.05) is 11.9 Å². The number of ether oxygens (including phenoxy) is 1. The van der Waals surface area contributed by atoms with E-state index in [1.807, 2.05) is 12.1 Å². The molecule has 20 heavy (non-hydrogen) atoms. The summed E-state index contributed by atoms with van der Waals surface area (Å²) in [7, 11) is 0. The van der Waals surface area contributed by atoms with Crippen molar-refractivity contribution in [3.05, 3.63) is 35.0 Å². The molecule has 0 aliphatic heterocycles. The van der Waals surface area contributed by atoms with Gasteiger partial charge in [-0.05, 0) is 38.0 Å². The van der Waals surface area contributed by atoms with Crippen molar-refractivity contribution in [3.8, 4) is 0 Å². The molecule has 5 heteroatoms. The highest BCUT2D eigenvalue weighted by Gasteiger charge is 2.22. The molecule has 3 rings (SSSR count). The Morgan fingerprint density at radius 2 is 2.30 bits per heavy atom. The minimum Gasteiger partial charge on any atom is -0.462 e. The fourth-order valence-corrected chi connectivity index (χ4v) is 2.26.